The fraction of sp³-hybridized carbons (Fsp3) is 0.688. The molecule has 4 nitrogen and oxygen atoms in total. The van der Waals surface area contributed by atoms with E-state index in [1.807, 2.05) is 0 Å². The molecule has 21 heavy (non-hydrogen) atoms. The van der Waals surface area contributed by atoms with Gasteiger partial charge in [0.25, 0.3) is 0 Å². The van der Waals surface area contributed by atoms with E-state index in [0.29, 0.717) is 5.91 Å². The smallest absolute Gasteiger partial charge is 0.244 e. The lowest BCUT2D eigenvalue weighted by Crippen LogP contribution is -2.34. The van der Waals surface area contributed by atoms with Crippen LogP contribution in [0.4, 0.5) is 0 Å². The van der Waals surface area contributed by atoms with Crippen LogP contribution in [-0.4, -0.2) is 47.4 Å². The molecule has 1 aliphatic carbocycles. The topological polar surface area (TPSA) is 35.6 Å². The van der Waals surface area contributed by atoms with E-state index in [-0.39, 0.29) is 11.7 Å². The number of thiophene rings is 1. The minimum absolute atomic E-state index is 0.0942. The van der Waals surface area contributed by atoms with Gasteiger partial charge in [-0.2, -0.15) is 0 Å². The summed E-state index contributed by atoms with van der Waals surface area (Å²) in [6.07, 6.45) is 3.14. The van der Waals surface area contributed by atoms with Crippen LogP contribution < -0.4 is 5.32 Å². The van der Waals surface area contributed by atoms with Gasteiger partial charge in [-0.25, -0.2) is 0 Å². The quantitative estimate of drug-likeness (QED) is 0.840. The van der Waals surface area contributed by atoms with Crippen molar-refractivity contribution in [2.75, 3.05) is 26.2 Å². The van der Waals surface area contributed by atoms with Gasteiger partial charge in [0, 0.05) is 11.4 Å². The van der Waals surface area contributed by atoms with Crippen LogP contribution in [0.1, 0.15) is 44.2 Å². The maximum atomic E-state index is 12.7. The number of hydrogen-bond acceptors (Lipinski definition) is 4. The monoisotopic (exact) mass is 307 g/mol. The minimum atomic E-state index is -0.218. The molecule has 1 aromatic heterocycles. The van der Waals surface area contributed by atoms with Crippen LogP contribution >= 0.6 is 11.3 Å². The fourth-order valence-electron chi connectivity index (χ4n) is 3.18. The average Bonchev–Trinajstić information content (AvgIpc) is 2.97. The average molecular weight is 307 g/mol. The maximum Gasteiger partial charge on any atom is 0.244 e. The van der Waals surface area contributed by atoms with Crippen LogP contribution in [0.2, 0.25) is 0 Å². The van der Waals surface area contributed by atoms with E-state index in [0.717, 1.165) is 45.4 Å². The zero-order valence-corrected chi connectivity index (χ0v) is 13.8. The first-order valence-corrected chi connectivity index (χ1v) is 8.92. The third kappa shape index (κ3) is 2.87. The Morgan fingerprint density at radius 1 is 1.43 bits per heavy atom. The van der Waals surface area contributed by atoms with Crippen LogP contribution in [0.25, 0.3) is 0 Å². The summed E-state index contributed by atoms with van der Waals surface area (Å²) >= 11 is 1.74. The highest BCUT2D eigenvalue weighted by atomic mass is 32.1. The van der Waals surface area contributed by atoms with Gasteiger partial charge in [0.1, 0.15) is 11.7 Å². The van der Waals surface area contributed by atoms with Crippen molar-refractivity contribution in [1.82, 2.24) is 15.1 Å². The maximum absolute atomic E-state index is 12.7. The molecule has 0 radical (unpaired) electrons. The van der Waals surface area contributed by atoms with Gasteiger partial charge in [0.15, 0.2) is 0 Å². The number of nitrogens with zero attached hydrogens (tertiary/aromatic N) is 2. The van der Waals surface area contributed by atoms with Crippen LogP contribution in [0, 0.1) is 0 Å². The molecule has 1 saturated carbocycles. The number of amides is 1. The second kappa shape index (κ2) is 6.07. The van der Waals surface area contributed by atoms with Crippen LogP contribution in [0.5, 0.6) is 0 Å². The van der Waals surface area contributed by atoms with Crippen molar-refractivity contribution in [2.24, 2.45) is 0 Å². The molecule has 1 aromatic rings. The van der Waals surface area contributed by atoms with Crippen LogP contribution in [0.15, 0.2) is 17.5 Å². The summed E-state index contributed by atoms with van der Waals surface area (Å²) in [7, 11) is 0. The molecule has 2 aliphatic rings. The number of rotatable bonds is 7. The van der Waals surface area contributed by atoms with E-state index >= 15 is 0 Å². The molecule has 1 saturated heterocycles. The Kier molecular flexibility index (Phi) is 4.33. The molecule has 5 heteroatoms. The largest absolute Gasteiger partial charge is 0.320 e. The number of nitrogens with one attached hydrogen (secondary N) is 1. The number of carbonyl (C=O) groups is 1. The Labute approximate surface area is 131 Å². The summed E-state index contributed by atoms with van der Waals surface area (Å²) in [6.45, 7) is 8.48. The molecule has 1 atom stereocenters. The first-order chi connectivity index (χ1) is 10.2. The Hall–Kier alpha value is -0.910. The Morgan fingerprint density at radius 2 is 2.19 bits per heavy atom. The van der Waals surface area contributed by atoms with E-state index in [1.165, 1.54) is 4.88 Å². The standard InChI is InChI=1S/C16H25N3OS/c1-3-18(4-2)10-6-11-19-14(13-7-5-12-21-13)17-16(8-9-16)15(19)20/h5,7,12,14,17H,3-4,6,8-11H2,1-2H3. The van der Waals surface area contributed by atoms with Gasteiger partial charge in [0.2, 0.25) is 5.91 Å². The lowest BCUT2D eigenvalue weighted by atomic mass is 10.2. The van der Waals surface area contributed by atoms with E-state index in [2.05, 4.69) is 46.5 Å². The van der Waals surface area contributed by atoms with Gasteiger partial charge < -0.3 is 9.80 Å². The van der Waals surface area contributed by atoms with Gasteiger partial charge >= 0.3 is 0 Å². The molecule has 1 N–H and O–H groups in total. The molecule has 1 unspecified atom stereocenters. The summed E-state index contributed by atoms with van der Waals surface area (Å²) < 4.78 is 0. The highest BCUT2D eigenvalue weighted by Crippen LogP contribution is 2.46. The first-order valence-electron chi connectivity index (χ1n) is 8.04. The van der Waals surface area contributed by atoms with E-state index in [1.54, 1.807) is 11.3 Å². The van der Waals surface area contributed by atoms with Crippen LogP contribution in [0.3, 0.4) is 0 Å². The Bertz CT molecular complexity index is 480. The molecule has 1 amide bonds. The third-order valence-corrected chi connectivity index (χ3v) is 5.65. The van der Waals surface area contributed by atoms with Crippen molar-refractivity contribution in [1.29, 1.82) is 0 Å². The summed E-state index contributed by atoms with van der Waals surface area (Å²) in [5, 5.41) is 5.67. The zero-order chi connectivity index (χ0) is 14.9. The summed E-state index contributed by atoms with van der Waals surface area (Å²) in [5.41, 5.74) is -0.218. The number of carbonyl (C=O) groups excluding carboxylic acids is 1. The van der Waals surface area contributed by atoms with Gasteiger partial charge in [-0.1, -0.05) is 19.9 Å². The molecular formula is C16H25N3OS. The van der Waals surface area contributed by atoms with Crippen molar-refractivity contribution in [3.63, 3.8) is 0 Å². The number of hydrogen-bond donors (Lipinski definition) is 1. The first kappa shape index (κ1) is 15.0. The van der Waals surface area contributed by atoms with Gasteiger partial charge in [-0.05, 0) is 50.3 Å². The van der Waals surface area contributed by atoms with E-state index in [9.17, 15) is 4.79 Å². The molecular weight excluding hydrogens is 282 g/mol. The second-order valence-electron chi connectivity index (χ2n) is 6.02. The predicted molar refractivity (Wildman–Crippen MR) is 86.3 cm³/mol. The van der Waals surface area contributed by atoms with Crippen molar-refractivity contribution in [3.05, 3.63) is 22.4 Å². The Balaban J connectivity index is 1.64. The summed E-state index contributed by atoms with van der Waals surface area (Å²) in [5.74, 6) is 0.320. The molecule has 116 valence electrons. The fourth-order valence-corrected chi connectivity index (χ4v) is 3.97. The molecule has 2 heterocycles. The highest BCUT2D eigenvalue weighted by Gasteiger charge is 2.59. The van der Waals surface area contributed by atoms with E-state index in [4.69, 9.17) is 0 Å². The molecule has 2 fully saturated rings. The third-order valence-electron chi connectivity index (χ3n) is 4.73. The van der Waals surface area contributed by atoms with Gasteiger partial charge in [0.05, 0.1) is 0 Å². The van der Waals surface area contributed by atoms with Gasteiger partial charge in [-0.15, -0.1) is 11.3 Å². The molecule has 3 rings (SSSR count). The lowest BCUT2D eigenvalue weighted by Gasteiger charge is -2.25. The SMILES string of the molecule is CCN(CC)CCCN1C(=O)C2(CC2)NC1c1cccs1. The molecule has 1 aliphatic heterocycles. The van der Waals surface area contributed by atoms with Crippen LogP contribution in [-0.2, 0) is 4.79 Å². The minimum Gasteiger partial charge on any atom is -0.320 e. The van der Waals surface area contributed by atoms with Crippen molar-refractivity contribution in [3.8, 4) is 0 Å². The summed E-state index contributed by atoms with van der Waals surface area (Å²) in [6, 6.07) is 4.20. The summed E-state index contributed by atoms with van der Waals surface area (Å²) in [4.78, 5) is 18.4. The normalized spacial score (nSPS) is 23.5. The molecule has 1 spiro atoms. The second-order valence-corrected chi connectivity index (χ2v) is 7.00. The van der Waals surface area contributed by atoms with Crippen molar-refractivity contribution >= 4 is 17.2 Å². The van der Waals surface area contributed by atoms with E-state index < -0.39 is 0 Å². The van der Waals surface area contributed by atoms with Crippen molar-refractivity contribution in [2.45, 2.75) is 44.8 Å². The predicted octanol–water partition coefficient (Wildman–Crippen LogP) is 2.44. The highest BCUT2D eigenvalue weighted by molar-refractivity contribution is 7.10. The molecule has 0 aromatic carbocycles. The molecule has 0 bridgehead atoms. The van der Waals surface area contributed by atoms with Gasteiger partial charge in [-0.3, -0.25) is 10.1 Å². The Morgan fingerprint density at radius 3 is 2.76 bits per heavy atom. The zero-order valence-electron chi connectivity index (χ0n) is 13.0. The van der Waals surface area contributed by atoms with Crippen molar-refractivity contribution < 1.29 is 4.79 Å². The lowest BCUT2D eigenvalue weighted by molar-refractivity contribution is -0.130.